The second-order valence-corrected chi connectivity index (χ2v) is 4.22. The Hall–Kier alpha value is -1.70. The molecule has 0 aromatic heterocycles. The highest BCUT2D eigenvalue weighted by Gasteiger charge is 2.29. The van der Waals surface area contributed by atoms with Crippen molar-refractivity contribution in [2.75, 3.05) is 26.2 Å². The van der Waals surface area contributed by atoms with Gasteiger partial charge in [-0.3, -0.25) is 4.79 Å². The molecule has 17 heavy (non-hydrogen) atoms. The maximum absolute atomic E-state index is 12.1. The lowest BCUT2D eigenvalue weighted by Crippen LogP contribution is -2.46. The molecule has 1 rings (SSSR count). The van der Waals surface area contributed by atoms with Crippen molar-refractivity contribution >= 4 is 12.0 Å². The van der Waals surface area contributed by atoms with Gasteiger partial charge in [-0.2, -0.15) is 0 Å². The van der Waals surface area contributed by atoms with Crippen molar-refractivity contribution in [1.29, 1.82) is 0 Å². The molecule has 0 atom stereocenters. The normalized spacial score (nSPS) is 13.9. The largest absolute Gasteiger partial charge is 0.480 e. The molecule has 5 heteroatoms. The zero-order valence-electron chi connectivity index (χ0n) is 10.1. The predicted molar refractivity (Wildman–Crippen MR) is 63.4 cm³/mol. The topological polar surface area (TPSA) is 60.9 Å². The number of hydrogen-bond donors (Lipinski definition) is 1. The number of nitrogens with zero attached hydrogens (tertiary/aromatic N) is 2. The monoisotopic (exact) mass is 238 g/mol. The fourth-order valence-electron chi connectivity index (χ4n) is 1.61. The summed E-state index contributed by atoms with van der Waals surface area (Å²) < 4.78 is 0. The van der Waals surface area contributed by atoms with Crippen molar-refractivity contribution < 1.29 is 14.7 Å². The number of aliphatic carboxylic acids is 1. The Morgan fingerprint density at radius 1 is 1.41 bits per heavy atom. The van der Waals surface area contributed by atoms with Crippen LogP contribution in [0, 0.1) is 18.3 Å². The Kier molecular flexibility index (Phi) is 4.83. The molecule has 1 N–H and O–H groups in total. The third-order valence-corrected chi connectivity index (χ3v) is 2.71. The Morgan fingerprint density at radius 2 is 2.06 bits per heavy atom. The van der Waals surface area contributed by atoms with Gasteiger partial charge in [-0.25, -0.2) is 4.79 Å². The highest BCUT2D eigenvalue weighted by atomic mass is 16.4. The van der Waals surface area contributed by atoms with E-state index in [1.54, 1.807) is 0 Å². The van der Waals surface area contributed by atoms with E-state index in [4.69, 9.17) is 11.5 Å². The van der Waals surface area contributed by atoms with Gasteiger partial charge in [0.1, 0.15) is 6.54 Å². The molecule has 0 saturated heterocycles. The summed E-state index contributed by atoms with van der Waals surface area (Å²) in [4.78, 5) is 25.6. The van der Waals surface area contributed by atoms with E-state index in [0.717, 1.165) is 12.8 Å². The lowest BCUT2D eigenvalue weighted by atomic mass is 10.3. The molecule has 1 saturated carbocycles. The van der Waals surface area contributed by atoms with Crippen molar-refractivity contribution in [1.82, 2.24) is 9.80 Å². The number of carboxylic acid groups (broad SMARTS) is 1. The first-order chi connectivity index (χ1) is 8.08. The van der Waals surface area contributed by atoms with Gasteiger partial charge in [-0.15, -0.1) is 6.42 Å². The second kappa shape index (κ2) is 6.14. The van der Waals surface area contributed by atoms with E-state index in [1.165, 1.54) is 9.80 Å². The van der Waals surface area contributed by atoms with Gasteiger partial charge in [-0.05, 0) is 25.7 Å². The second-order valence-electron chi connectivity index (χ2n) is 4.22. The predicted octanol–water partition coefficient (Wildman–Crippen LogP) is 0.858. The minimum absolute atomic E-state index is 0.218. The van der Waals surface area contributed by atoms with Gasteiger partial charge in [0.2, 0.25) is 0 Å². The average molecular weight is 238 g/mol. The van der Waals surface area contributed by atoms with Gasteiger partial charge < -0.3 is 14.9 Å². The number of carbonyl (C=O) groups is 2. The van der Waals surface area contributed by atoms with E-state index in [1.807, 2.05) is 6.92 Å². The van der Waals surface area contributed by atoms with Crippen LogP contribution in [0.25, 0.3) is 0 Å². The molecule has 0 aromatic carbocycles. The van der Waals surface area contributed by atoms with Crippen LogP contribution in [0.4, 0.5) is 4.79 Å². The smallest absolute Gasteiger partial charge is 0.323 e. The molecule has 0 aromatic rings. The number of amides is 2. The standard InChI is InChI=1S/C12H18N2O3/c1-3-7-13(4-2)12(17)14(9-11(15)16)8-10-5-6-10/h1,10H,4-9H2,2H3,(H,15,16). The molecule has 1 fully saturated rings. The fraction of sp³-hybridized carbons (Fsp3) is 0.667. The van der Waals surface area contributed by atoms with E-state index in [0.29, 0.717) is 19.0 Å². The third-order valence-electron chi connectivity index (χ3n) is 2.71. The van der Waals surface area contributed by atoms with Crippen molar-refractivity contribution in [3.8, 4) is 12.3 Å². The summed E-state index contributed by atoms with van der Waals surface area (Å²) >= 11 is 0. The van der Waals surface area contributed by atoms with Crippen LogP contribution < -0.4 is 0 Å². The van der Waals surface area contributed by atoms with Crippen molar-refractivity contribution in [3.05, 3.63) is 0 Å². The number of urea groups is 1. The Bertz CT molecular complexity index is 331. The van der Waals surface area contributed by atoms with Crippen LogP contribution in [0.15, 0.2) is 0 Å². The molecular formula is C12H18N2O3. The van der Waals surface area contributed by atoms with E-state index < -0.39 is 5.97 Å². The molecule has 2 amide bonds. The summed E-state index contributed by atoms with van der Waals surface area (Å²) in [5, 5.41) is 8.80. The average Bonchev–Trinajstić information content (AvgIpc) is 3.07. The highest BCUT2D eigenvalue weighted by molar-refractivity contribution is 5.80. The van der Waals surface area contributed by atoms with Crippen molar-refractivity contribution in [2.45, 2.75) is 19.8 Å². The van der Waals surface area contributed by atoms with Crippen LogP contribution >= 0.6 is 0 Å². The Labute approximate surface area is 101 Å². The summed E-state index contributed by atoms with van der Waals surface area (Å²) in [6.45, 7) is 2.80. The van der Waals surface area contributed by atoms with Crippen LogP contribution in [-0.4, -0.2) is 53.1 Å². The van der Waals surface area contributed by atoms with Crippen LogP contribution in [0.3, 0.4) is 0 Å². The molecule has 0 unspecified atom stereocenters. The number of carboxylic acids is 1. The zero-order valence-corrected chi connectivity index (χ0v) is 10.1. The molecule has 0 radical (unpaired) electrons. The Morgan fingerprint density at radius 3 is 2.47 bits per heavy atom. The number of rotatable bonds is 6. The van der Waals surface area contributed by atoms with Crippen LogP contribution in [0.5, 0.6) is 0 Å². The molecule has 0 spiro atoms. The van der Waals surface area contributed by atoms with Gasteiger partial charge in [0.25, 0.3) is 0 Å². The molecule has 5 nitrogen and oxygen atoms in total. The maximum atomic E-state index is 12.1. The van der Waals surface area contributed by atoms with Crippen LogP contribution in [0.2, 0.25) is 0 Å². The summed E-state index contributed by atoms with van der Waals surface area (Å²) in [7, 11) is 0. The SMILES string of the molecule is C#CCN(CC)C(=O)N(CC(=O)O)CC1CC1. The van der Waals surface area contributed by atoms with E-state index >= 15 is 0 Å². The molecule has 0 bridgehead atoms. The minimum Gasteiger partial charge on any atom is -0.480 e. The fourth-order valence-corrected chi connectivity index (χ4v) is 1.61. The van der Waals surface area contributed by atoms with E-state index in [9.17, 15) is 9.59 Å². The van der Waals surface area contributed by atoms with Gasteiger partial charge in [0.05, 0.1) is 6.54 Å². The lowest BCUT2D eigenvalue weighted by molar-refractivity contribution is -0.137. The molecule has 0 heterocycles. The Balaban J connectivity index is 2.62. The first-order valence-corrected chi connectivity index (χ1v) is 5.77. The first kappa shape index (κ1) is 13.4. The first-order valence-electron chi connectivity index (χ1n) is 5.77. The van der Waals surface area contributed by atoms with Gasteiger partial charge in [-0.1, -0.05) is 5.92 Å². The lowest BCUT2D eigenvalue weighted by Gasteiger charge is -2.27. The van der Waals surface area contributed by atoms with Crippen LogP contribution in [-0.2, 0) is 4.79 Å². The zero-order chi connectivity index (χ0) is 12.8. The third kappa shape index (κ3) is 4.35. The maximum Gasteiger partial charge on any atom is 0.323 e. The quantitative estimate of drug-likeness (QED) is 0.698. The molecule has 1 aliphatic rings. The summed E-state index contributed by atoms with van der Waals surface area (Å²) in [5.74, 6) is 1.88. The summed E-state index contributed by atoms with van der Waals surface area (Å²) in [5.41, 5.74) is 0. The van der Waals surface area contributed by atoms with E-state index in [-0.39, 0.29) is 19.1 Å². The molecule has 94 valence electrons. The number of terminal acetylenes is 1. The van der Waals surface area contributed by atoms with Gasteiger partial charge in [0, 0.05) is 13.1 Å². The summed E-state index contributed by atoms with van der Waals surface area (Å²) in [6, 6.07) is -0.278. The molecule has 0 aliphatic heterocycles. The van der Waals surface area contributed by atoms with Gasteiger partial charge >= 0.3 is 12.0 Å². The molecule has 1 aliphatic carbocycles. The minimum atomic E-state index is -0.990. The van der Waals surface area contributed by atoms with E-state index in [2.05, 4.69) is 5.92 Å². The van der Waals surface area contributed by atoms with Crippen molar-refractivity contribution in [3.63, 3.8) is 0 Å². The highest BCUT2D eigenvalue weighted by Crippen LogP contribution is 2.29. The molecular weight excluding hydrogens is 220 g/mol. The van der Waals surface area contributed by atoms with Gasteiger partial charge in [0.15, 0.2) is 0 Å². The number of carbonyl (C=O) groups excluding carboxylic acids is 1. The van der Waals surface area contributed by atoms with Crippen molar-refractivity contribution in [2.24, 2.45) is 5.92 Å². The number of hydrogen-bond acceptors (Lipinski definition) is 2. The summed E-state index contributed by atoms with van der Waals surface area (Å²) in [6.07, 6.45) is 7.33. The van der Waals surface area contributed by atoms with Crippen LogP contribution in [0.1, 0.15) is 19.8 Å².